The molecular weight excluding hydrogens is 312 g/mol. The zero-order valence-electron chi connectivity index (χ0n) is 15.0. The second kappa shape index (κ2) is 6.93. The van der Waals surface area contributed by atoms with Crippen molar-refractivity contribution in [3.8, 4) is 5.75 Å². The fourth-order valence-corrected chi connectivity index (χ4v) is 2.92. The molecule has 1 aromatic heterocycles. The van der Waals surface area contributed by atoms with E-state index in [1.54, 1.807) is 13.1 Å². The number of benzene rings is 2. The van der Waals surface area contributed by atoms with Crippen LogP contribution in [-0.4, -0.2) is 17.0 Å². The highest BCUT2D eigenvalue weighted by molar-refractivity contribution is 6.03. The number of aryl methyl sites for hydroxylation is 3. The minimum atomic E-state index is -0.603. The standard InChI is InChI=1S/C21H22N2O2/c1-13-10-14(2)12-17(11-13)25-16(4)21(24)23-19-8-7-15(3)20-18(19)6-5-9-22-20/h5-12,16H,1-4H3,(H,23,24)/t16-/m0/s1. The van der Waals surface area contributed by atoms with E-state index >= 15 is 0 Å². The van der Waals surface area contributed by atoms with Crippen molar-refractivity contribution in [2.45, 2.75) is 33.8 Å². The van der Waals surface area contributed by atoms with Crippen molar-refractivity contribution in [3.63, 3.8) is 0 Å². The molecular formula is C21H22N2O2. The molecule has 0 aliphatic heterocycles. The smallest absolute Gasteiger partial charge is 0.265 e. The molecule has 0 aliphatic rings. The summed E-state index contributed by atoms with van der Waals surface area (Å²) in [5, 5.41) is 3.88. The Hall–Kier alpha value is -2.88. The molecule has 128 valence electrons. The van der Waals surface area contributed by atoms with E-state index in [9.17, 15) is 4.79 Å². The molecule has 0 saturated carbocycles. The van der Waals surface area contributed by atoms with E-state index in [1.165, 1.54) is 0 Å². The van der Waals surface area contributed by atoms with E-state index in [-0.39, 0.29) is 5.91 Å². The Bertz CT molecular complexity index is 914. The summed E-state index contributed by atoms with van der Waals surface area (Å²) in [5.41, 5.74) is 4.93. The first-order valence-corrected chi connectivity index (χ1v) is 8.34. The van der Waals surface area contributed by atoms with E-state index in [2.05, 4.69) is 16.4 Å². The summed E-state index contributed by atoms with van der Waals surface area (Å²) in [4.78, 5) is 17.0. The Morgan fingerprint density at radius 2 is 1.80 bits per heavy atom. The molecule has 0 radical (unpaired) electrons. The van der Waals surface area contributed by atoms with Crippen LogP contribution in [0.2, 0.25) is 0 Å². The summed E-state index contributed by atoms with van der Waals surface area (Å²) >= 11 is 0. The summed E-state index contributed by atoms with van der Waals surface area (Å²) in [5.74, 6) is 0.517. The summed E-state index contributed by atoms with van der Waals surface area (Å²) < 4.78 is 5.82. The van der Waals surface area contributed by atoms with E-state index in [0.29, 0.717) is 5.75 Å². The highest BCUT2D eigenvalue weighted by Crippen LogP contribution is 2.25. The van der Waals surface area contributed by atoms with Gasteiger partial charge in [0.2, 0.25) is 0 Å². The first-order chi connectivity index (χ1) is 11.9. The molecule has 4 nitrogen and oxygen atoms in total. The summed E-state index contributed by atoms with van der Waals surface area (Å²) in [6.45, 7) is 7.78. The number of nitrogens with zero attached hydrogens (tertiary/aromatic N) is 1. The number of rotatable bonds is 4. The van der Waals surface area contributed by atoms with Crippen molar-refractivity contribution in [2.24, 2.45) is 0 Å². The first-order valence-electron chi connectivity index (χ1n) is 8.34. The number of nitrogens with one attached hydrogen (secondary N) is 1. The molecule has 0 bridgehead atoms. The largest absolute Gasteiger partial charge is 0.481 e. The van der Waals surface area contributed by atoms with Crippen molar-refractivity contribution >= 4 is 22.5 Å². The van der Waals surface area contributed by atoms with Crippen LogP contribution < -0.4 is 10.1 Å². The van der Waals surface area contributed by atoms with Gasteiger partial charge in [-0.05, 0) is 74.7 Å². The SMILES string of the molecule is Cc1cc(C)cc(O[C@@H](C)C(=O)Nc2ccc(C)c3ncccc23)c1. The molecule has 0 saturated heterocycles. The normalized spacial score (nSPS) is 12.0. The minimum absolute atomic E-state index is 0.187. The van der Waals surface area contributed by atoms with Gasteiger partial charge in [-0.15, -0.1) is 0 Å². The van der Waals surface area contributed by atoms with E-state index in [0.717, 1.165) is 33.3 Å². The van der Waals surface area contributed by atoms with Gasteiger partial charge in [0.15, 0.2) is 6.10 Å². The highest BCUT2D eigenvalue weighted by Gasteiger charge is 2.16. The number of fused-ring (bicyclic) bond motifs is 1. The zero-order valence-corrected chi connectivity index (χ0v) is 15.0. The number of ether oxygens (including phenoxy) is 1. The maximum Gasteiger partial charge on any atom is 0.265 e. The van der Waals surface area contributed by atoms with Crippen LogP contribution in [0.5, 0.6) is 5.75 Å². The lowest BCUT2D eigenvalue weighted by molar-refractivity contribution is -0.122. The van der Waals surface area contributed by atoms with Crippen molar-refractivity contribution in [3.05, 3.63) is 65.4 Å². The summed E-state index contributed by atoms with van der Waals surface area (Å²) in [6, 6.07) is 13.6. The third kappa shape index (κ3) is 3.79. The van der Waals surface area contributed by atoms with Gasteiger partial charge in [0.05, 0.1) is 11.2 Å². The van der Waals surface area contributed by atoms with Crippen molar-refractivity contribution in [1.29, 1.82) is 0 Å². The van der Waals surface area contributed by atoms with Crippen LogP contribution in [0.3, 0.4) is 0 Å². The maximum absolute atomic E-state index is 12.6. The molecule has 1 heterocycles. The minimum Gasteiger partial charge on any atom is -0.481 e. The van der Waals surface area contributed by atoms with Gasteiger partial charge >= 0.3 is 0 Å². The number of aromatic nitrogens is 1. The topological polar surface area (TPSA) is 51.2 Å². The Labute approximate surface area is 147 Å². The van der Waals surface area contributed by atoms with Gasteiger partial charge in [0, 0.05) is 11.6 Å². The monoisotopic (exact) mass is 334 g/mol. The maximum atomic E-state index is 12.6. The van der Waals surface area contributed by atoms with Gasteiger partial charge in [-0.3, -0.25) is 9.78 Å². The average Bonchev–Trinajstić information content (AvgIpc) is 2.56. The van der Waals surface area contributed by atoms with Crippen molar-refractivity contribution in [1.82, 2.24) is 4.98 Å². The Kier molecular flexibility index (Phi) is 4.70. The highest BCUT2D eigenvalue weighted by atomic mass is 16.5. The fraction of sp³-hybridized carbons (Fsp3) is 0.238. The van der Waals surface area contributed by atoms with Gasteiger partial charge in [0.1, 0.15) is 5.75 Å². The molecule has 1 atom stereocenters. The summed E-state index contributed by atoms with van der Waals surface area (Å²) in [7, 11) is 0. The molecule has 0 unspecified atom stereocenters. The molecule has 0 fully saturated rings. The van der Waals surface area contributed by atoms with Gasteiger partial charge in [-0.1, -0.05) is 12.1 Å². The molecule has 0 aliphatic carbocycles. The second-order valence-electron chi connectivity index (χ2n) is 6.40. The van der Waals surface area contributed by atoms with Crippen molar-refractivity contribution in [2.75, 3.05) is 5.32 Å². The number of carbonyl (C=O) groups excluding carboxylic acids is 1. The van der Waals surface area contributed by atoms with Gasteiger partial charge in [-0.25, -0.2) is 0 Å². The third-order valence-electron chi connectivity index (χ3n) is 4.11. The molecule has 3 rings (SSSR count). The van der Waals surface area contributed by atoms with Crippen LogP contribution in [0.25, 0.3) is 10.9 Å². The Balaban J connectivity index is 1.79. The number of carbonyl (C=O) groups is 1. The number of hydrogen-bond acceptors (Lipinski definition) is 3. The third-order valence-corrected chi connectivity index (χ3v) is 4.11. The Morgan fingerprint density at radius 1 is 1.08 bits per heavy atom. The lowest BCUT2D eigenvalue weighted by Crippen LogP contribution is -2.30. The summed E-state index contributed by atoms with van der Waals surface area (Å²) in [6.07, 6.45) is 1.15. The van der Waals surface area contributed by atoms with E-state index < -0.39 is 6.10 Å². The second-order valence-corrected chi connectivity index (χ2v) is 6.40. The van der Waals surface area contributed by atoms with Crippen LogP contribution >= 0.6 is 0 Å². The number of amides is 1. The van der Waals surface area contributed by atoms with Crippen LogP contribution in [-0.2, 0) is 4.79 Å². The lowest BCUT2D eigenvalue weighted by Gasteiger charge is -2.16. The van der Waals surface area contributed by atoms with E-state index in [1.807, 2.05) is 57.2 Å². The predicted octanol–water partition coefficient (Wildman–Crippen LogP) is 4.57. The van der Waals surface area contributed by atoms with Crippen LogP contribution in [0.4, 0.5) is 5.69 Å². The molecule has 1 N–H and O–H groups in total. The van der Waals surface area contributed by atoms with Gasteiger partial charge < -0.3 is 10.1 Å². The van der Waals surface area contributed by atoms with Crippen LogP contribution in [0.15, 0.2) is 48.7 Å². The molecule has 3 aromatic rings. The van der Waals surface area contributed by atoms with Crippen LogP contribution in [0.1, 0.15) is 23.6 Å². The number of pyridine rings is 1. The van der Waals surface area contributed by atoms with Gasteiger partial charge in [0.25, 0.3) is 5.91 Å². The number of hydrogen-bond donors (Lipinski definition) is 1. The quantitative estimate of drug-likeness (QED) is 0.760. The average molecular weight is 334 g/mol. The van der Waals surface area contributed by atoms with Gasteiger partial charge in [-0.2, -0.15) is 0 Å². The molecule has 2 aromatic carbocycles. The van der Waals surface area contributed by atoms with Crippen molar-refractivity contribution < 1.29 is 9.53 Å². The zero-order chi connectivity index (χ0) is 18.0. The first kappa shape index (κ1) is 17.0. The fourth-order valence-electron chi connectivity index (χ4n) is 2.92. The Morgan fingerprint density at radius 3 is 2.52 bits per heavy atom. The predicted molar refractivity (Wildman–Crippen MR) is 101 cm³/mol. The lowest BCUT2D eigenvalue weighted by atomic mass is 10.1. The molecule has 25 heavy (non-hydrogen) atoms. The molecule has 1 amide bonds. The van der Waals surface area contributed by atoms with E-state index in [4.69, 9.17) is 4.74 Å². The molecule has 4 heteroatoms. The molecule has 0 spiro atoms. The van der Waals surface area contributed by atoms with Crippen LogP contribution in [0, 0.1) is 20.8 Å². The number of anilines is 1.